The molecule has 1 fully saturated rings. The number of hydrogen-bond donors (Lipinski definition) is 3. The molecule has 30 heavy (non-hydrogen) atoms. The highest BCUT2D eigenvalue weighted by Crippen LogP contribution is 2.18. The molecule has 2 unspecified atom stereocenters. The number of hydrogen-bond acceptors (Lipinski definition) is 6. The fraction of sp³-hybridized carbons (Fsp3) is 0.333. The van der Waals surface area contributed by atoms with Crippen LogP contribution in [0.3, 0.4) is 0 Å². The van der Waals surface area contributed by atoms with Gasteiger partial charge in [-0.3, -0.25) is 14.4 Å². The highest BCUT2D eigenvalue weighted by atomic mass is 32.1. The van der Waals surface area contributed by atoms with Crippen molar-refractivity contribution < 1.29 is 23.9 Å². The third kappa shape index (κ3) is 5.90. The second-order valence-electron chi connectivity index (χ2n) is 6.87. The standard InChI is InChI=1S/C21H23N3O5S/c25-18-16(8-4-5-10-22-20(18)27)23-19(26)17(15-9-11-30-13-15)24-21(28)29-12-14-6-2-1-3-7-14/h1-3,6-7,9,11,13,16-17H,4-5,8,10,12H2,(H,22,27)(H,23,26)(H,24,28). The third-order valence-corrected chi connectivity index (χ3v) is 5.38. The Balaban J connectivity index is 1.65. The summed E-state index contributed by atoms with van der Waals surface area (Å²) in [4.78, 5) is 49.3. The monoisotopic (exact) mass is 429 g/mol. The zero-order valence-corrected chi connectivity index (χ0v) is 17.1. The molecule has 0 radical (unpaired) electrons. The van der Waals surface area contributed by atoms with Crippen molar-refractivity contribution >= 4 is 35.0 Å². The van der Waals surface area contributed by atoms with E-state index in [0.29, 0.717) is 24.9 Å². The van der Waals surface area contributed by atoms with Gasteiger partial charge in [0, 0.05) is 6.54 Å². The number of benzene rings is 1. The molecule has 3 N–H and O–H groups in total. The summed E-state index contributed by atoms with van der Waals surface area (Å²) < 4.78 is 5.21. The maximum absolute atomic E-state index is 12.9. The predicted octanol–water partition coefficient (Wildman–Crippen LogP) is 2.07. The van der Waals surface area contributed by atoms with Gasteiger partial charge in [0.25, 0.3) is 5.91 Å². The largest absolute Gasteiger partial charge is 0.445 e. The molecule has 3 amide bonds. The van der Waals surface area contributed by atoms with Crippen LogP contribution in [0.2, 0.25) is 0 Å². The zero-order valence-electron chi connectivity index (χ0n) is 16.3. The molecule has 0 saturated carbocycles. The molecular formula is C21H23N3O5S. The Labute approximate surface area is 178 Å². The van der Waals surface area contributed by atoms with E-state index in [-0.39, 0.29) is 6.61 Å². The molecular weight excluding hydrogens is 406 g/mol. The van der Waals surface area contributed by atoms with E-state index in [4.69, 9.17) is 4.74 Å². The summed E-state index contributed by atoms with van der Waals surface area (Å²) in [5, 5.41) is 11.2. The second kappa shape index (κ2) is 10.5. The van der Waals surface area contributed by atoms with Gasteiger partial charge in [0.2, 0.25) is 11.7 Å². The summed E-state index contributed by atoms with van der Waals surface area (Å²) in [6, 6.07) is 8.91. The maximum Gasteiger partial charge on any atom is 0.408 e. The summed E-state index contributed by atoms with van der Waals surface area (Å²) in [7, 11) is 0. The van der Waals surface area contributed by atoms with E-state index >= 15 is 0 Å². The van der Waals surface area contributed by atoms with Gasteiger partial charge in [-0.25, -0.2) is 4.79 Å². The molecule has 3 rings (SSSR count). The molecule has 0 bridgehead atoms. The lowest BCUT2D eigenvalue weighted by atomic mass is 10.0. The van der Waals surface area contributed by atoms with Crippen LogP contribution >= 0.6 is 11.3 Å². The molecule has 1 aliphatic heterocycles. The van der Waals surface area contributed by atoms with Crippen molar-refractivity contribution in [1.29, 1.82) is 0 Å². The quantitative estimate of drug-likeness (QED) is 0.609. The Kier molecular flexibility index (Phi) is 7.56. The lowest BCUT2D eigenvalue weighted by molar-refractivity contribution is -0.140. The first kappa shape index (κ1) is 21.5. The van der Waals surface area contributed by atoms with E-state index in [1.165, 1.54) is 11.3 Å². The van der Waals surface area contributed by atoms with Gasteiger partial charge < -0.3 is 20.7 Å². The number of Topliss-reactive ketones (excluding diaryl/α,β-unsaturated/α-hetero) is 1. The van der Waals surface area contributed by atoms with Crippen LogP contribution in [0.4, 0.5) is 4.79 Å². The first-order chi connectivity index (χ1) is 14.5. The Hall–Kier alpha value is -3.20. The number of alkyl carbamates (subject to hydrolysis) is 1. The van der Waals surface area contributed by atoms with Gasteiger partial charge in [-0.2, -0.15) is 11.3 Å². The summed E-state index contributed by atoms with van der Waals surface area (Å²) >= 11 is 1.37. The lowest BCUT2D eigenvalue weighted by Crippen LogP contribution is -2.51. The molecule has 0 spiro atoms. The van der Waals surface area contributed by atoms with Crippen LogP contribution in [-0.4, -0.2) is 36.3 Å². The molecule has 9 heteroatoms. The molecule has 2 aromatic rings. The SMILES string of the molecule is O=C(NC(C(=O)NC1CCCCNC(=O)C1=O)c1ccsc1)OCc1ccccc1. The van der Waals surface area contributed by atoms with E-state index in [2.05, 4.69) is 16.0 Å². The Bertz CT molecular complexity index is 885. The number of ketones is 1. The minimum Gasteiger partial charge on any atom is -0.445 e. The van der Waals surface area contributed by atoms with E-state index in [1.807, 2.05) is 30.3 Å². The smallest absolute Gasteiger partial charge is 0.408 e. The third-order valence-electron chi connectivity index (χ3n) is 4.68. The van der Waals surface area contributed by atoms with E-state index in [1.54, 1.807) is 16.8 Å². The van der Waals surface area contributed by atoms with Gasteiger partial charge in [-0.05, 0) is 47.2 Å². The number of carbonyl (C=O) groups is 4. The number of rotatable bonds is 6. The van der Waals surface area contributed by atoms with Crippen LogP contribution in [-0.2, 0) is 25.7 Å². The van der Waals surface area contributed by atoms with Gasteiger partial charge in [-0.15, -0.1) is 0 Å². The fourth-order valence-electron chi connectivity index (χ4n) is 3.07. The highest BCUT2D eigenvalue weighted by molar-refractivity contribution is 7.08. The van der Waals surface area contributed by atoms with Crippen molar-refractivity contribution in [2.24, 2.45) is 0 Å². The first-order valence-electron chi connectivity index (χ1n) is 9.66. The number of thiophene rings is 1. The lowest BCUT2D eigenvalue weighted by Gasteiger charge is -2.23. The van der Waals surface area contributed by atoms with Crippen molar-refractivity contribution in [2.75, 3.05) is 6.54 Å². The molecule has 1 saturated heterocycles. The molecule has 1 aromatic carbocycles. The van der Waals surface area contributed by atoms with Gasteiger partial charge >= 0.3 is 6.09 Å². The highest BCUT2D eigenvalue weighted by Gasteiger charge is 2.31. The maximum atomic E-state index is 12.9. The van der Waals surface area contributed by atoms with E-state index in [9.17, 15) is 19.2 Å². The van der Waals surface area contributed by atoms with Crippen molar-refractivity contribution in [3.05, 3.63) is 58.3 Å². The van der Waals surface area contributed by atoms with Gasteiger partial charge in [0.05, 0.1) is 6.04 Å². The number of carbonyl (C=O) groups excluding carboxylic acids is 4. The first-order valence-corrected chi connectivity index (χ1v) is 10.6. The second-order valence-corrected chi connectivity index (χ2v) is 7.65. The Morgan fingerprint density at radius 2 is 1.97 bits per heavy atom. The van der Waals surface area contributed by atoms with Crippen molar-refractivity contribution in [1.82, 2.24) is 16.0 Å². The average Bonchev–Trinajstić information content (AvgIpc) is 3.28. The minimum atomic E-state index is -1.04. The number of ether oxygens (including phenoxy) is 1. The van der Waals surface area contributed by atoms with Crippen molar-refractivity contribution in [3.63, 3.8) is 0 Å². The van der Waals surface area contributed by atoms with E-state index in [0.717, 1.165) is 12.0 Å². The zero-order chi connectivity index (χ0) is 21.3. The van der Waals surface area contributed by atoms with Crippen LogP contribution in [0.5, 0.6) is 0 Å². The minimum absolute atomic E-state index is 0.0614. The molecule has 1 aliphatic rings. The predicted molar refractivity (Wildman–Crippen MR) is 111 cm³/mol. The summed E-state index contributed by atoms with van der Waals surface area (Å²) in [5.41, 5.74) is 1.38. The molecule has 2 atom stereocenters. The van der Waals surface area contributed by atoms with Crippen molar-refractivity contribution in [3.8, 4) is 0 Å². The van der Waals surface area contributed by atoms with Gasteiger partial charge in [0.1, 0.15) is 12.6 Å². The topological polar surface area (TPSA) is 114 Å². The van der Waals surface area contributed by atoms with Crippen LogP contribution in [0.25, 0.3) is 0 Å². The van der Waals surface area contributed by atoms with Gasteiger partial charge in [-0.1, -0.05) is 30.3 Å². The molecule has 8 nitrogen and oxygen atoms in total. The average molecular weight is 429 g/mol. The molecule has 1 aromatic heterocycles. The molecule has 2 heterocycles. The number of nitrogens with one attached hydrogen (secondary N) is 3. The van der Waals surface area contributed by atoms with Crippen LogP contribution in [0, 0.1) is 0 Å². The molecule has 158 valence electrons. The number of amides is 3. The van der Waals surface area contributed by atoms with Crippen molar-refractivity contribution in [2.45, 2.75) is 38.0 Å². The van der Waals surface area contributed by atoms with Gasteiger partial charge in [0.15, 0.2) is 0 Å². The molecule has 0 aliphatic carbocycles. The summed E-state index contributed by atoms with van der Waals surface area (Å²) in [6.45, 7) is 0.503. The van der Waals surface area contributed by atoms with Crippen LogP contribution < -0.4 is 16.0 Å². The Morgan fingerprint density at radius 1 is 1.17 bits per heavy atom. The summed E-state index contributed by atoms with van der Waals surface area (Å²) in [6.07, 6.45) is 1.02. The normalized spacial score (nSPS) is 17.8. The van der Waals surface area contributed by atoms with E-state index < -0.39 is 35.8 Å². The fourth-order valence-corrected chi connectivity index (χ4v) is 3.75. The van der Waals surface area contributed by atoms with Crippen LogP contribution in [0.1, 0.15) is 36.4 Å². The van der Waals surface area contributed by atoms with Crippen LogP contribution in [0.15, 0.2) is 47.2 Å². The summed E-state index contributed by atoms with van der Waals surface area (Å²) in [5.74, 6) is -1.96. The Morgan fingerprint density at radius 3 is 2.70 bits per heavy atom.